The third kappa shape index (κ3) is 4.16. The van der Waals surface area contributed by atoms with E-state index in [0.717, 1.165) is 12.1 Å². The van der Waals surface area contributed by atoms with Gasteiger partial charge in [-0.2, -0.15) is 0 Å². The van der Waals surface area contributed by atoms with Gasteiger partial charge in [0.25, 0.3) is 0 Å². The van der Waals surface area contributed by atoms with Crippen molar-refractivity contribution in [2.24, 2.45) is 11.8 Å². The number of halogens is 2. The first kappa shape index (κ1) is 21.4. The predicted octanol–water partition coefficient (Wildman–Crippen LogP) is 3.92. The number of allylic oxidation sites excluding steroid dienone is 2. The van der Waals surface area contributed by atoms with E-state index >= 15 is 0 Å². The van der Waals surface area contributed by atoms with E-state index in [1.165, 1.54) is 20.0 Å². The second-order valence-electron chi connectivity index (χ2n) is 8.35. The van der Waals surface area contributed by atoms with E-state index in [-0.39, 0.29) is 36.2 Å². The van der Waals surface area contributed by atoms with Crippen LogP contribution in [0.1, 0.15) is 37.2 Å². The third-order valence-corrected chi connectivity index (χ3v) is 6.92. The summed E-state index contributed by atoms with van der Waals surface area (Å²) in [7, 11) is 1.38. The molecule has 1 aromatic rings. The summed E-state index contributed by atoms with van der Waals surface area (Å²) in [6.07, 6.45) is 8.78. The minimum absolute atomic E-state index is 0.0692. The molecule has 1 saturated heterocycles. The molecule has 2 N–H and O–H groups in total. The Morgan fingerprint density at radius 2 is 2.17 bits per heavy atom. The molecule has 30 heavy (non-hydrogen) atoms. The summed E-state index contributed by atoms with van der Waals surface area (Å²) in [5.41, 5.74) is 0.0239. The zero-order valence-electron chi connectivity index (χ0n) is 16.9. The summed E-state index contributed by atoms with van der Waals surface area (Å²) in [6.45, 7) is 0.761. The number of hydrogen-bond acceptors (Lipinski definition) is 4. The van der Waals surface area contributed by atoms with E-state index < -0.39 is 5.54 Å². The number of benzene rings is 1. The van der Waals surface area contributed by atoms with E-state index in [2.05, 4.69) is 10.6 Å². The lowest BCUT2D eigenvalue weighted by Gasteiger charge is -2.41. The van der Waals surface area contributed by atoms with Crippen molar-refractivity contribution in [3.05, 3.63) is 58.1 Å². The molecule has 2 fully saturated rings. The monoisotopic (exact) mass is 448 g/mol. The average Bonchev–Trinajstić information content (AvgIpc) is 3.51. The van der Waals surface area contributed by atoms with Crippen LogP contribution >= 0.6 is 23.2 Å². The lowest BCUT2D eigenvalue weighted by Crippen LogP contribution is -2.59. The Hall–Kier alpha value is -1.82. The second kappa shape index (κ2) is 8.74. The summed E-state index contributed by atoms with van der Waals surface area (Å²) in [4.78, 5) is 25.6. The quantitative estimate of drug-likeness (QED) is 0.591. The van der Waals surface area contributed by atoms with Crippen LogP contribution in [0.3, 0.4) is 0 Å². The molecule has 1 amide bonds. The van der Waals surface area contributed by atoms with Crippen molar-refractivity contribution >= 4 is 35.1 Å². The van der Waals surface area contributed by atoms with Gasteiger partial charge in [-0.15, -0.1) is 0 Å². The van der Waals surface area contributed by atoms with Gasteiger partial charge in [0.1, 0.15) is 5.54 Å². The van der Waals surface area contributed by atoms with Crippen LogP contribution in [-0.2, 0) is 14.3 Å². The van der Waals surface area contributed by atoms with Gasteiger partial charge >= 0.3 is 5.97 Å². The number of hydrogen-bond donors (Lipinski definition) is 2. The van der Waals surface area contributed by atoms with Crippen LogP contribution in [-0.4, -0.2) is 37.1 Å². The van der Waals surface area contributed by atoms with E-state index in [9.17, 15) is 9.59 Å². The molecule has 1 heterocycles. The van der Waals surface area contributed by atoms with Gasteiger partial charge in [-0.3, -0.25) is 9.59 Å². The fourth-order valence-electron chi connectivity index (χ4n) is 4.73. The maximum absolute atomic E-state index is 13.6. The van der Waals surface area contributed by atoms with E-state index in [1.54, 1.807) is 0 Å². The first-order valence-corrected chi connectivity index (χ1v) is 11.1. The minimum atomic E-state index is -0.906. The summed E-state index contributed by atoms with van der Waals surface area (Å²) >= 11 is 12.5. The largest absolute Gasteiger partial charge is 0.469 e. The Balaban J connectivity index is 1.77. The van der Waals surface area contributed by atoms with E-state index in [1.807, 2.05) is 42.5 Å². The summed E-state index contributed by atoms with van der Waals surface area (Å²) < 4.78 is 4.88. The molecule has 160 valence electrons. The van der Waals surface area contributed by atoms with Crippen molar-refractivity contribution in [2.45, 2.75) is 43.2 Å². The van der Waals surface area contributed by atoms with Gasteiger partial charge in [-0.05, 0) is 61.6 Å². The molecule has 5 nitrogen and oxygen atoms in total. The van der Waals surface area contributed by atoms with Crippen LogP contribution < -0.4 is 10.6 Å². The number of methoxy groups -OCH3 is 1. The average molecular weight is 449 g/mol. The molecule has 1 saturated carbocycles. The van der Waals surface area contributed by atoms with Crippen molar-refractivity contribution in [3.63, 3.8) is 0 Å². The lowest BCUT2D eigenvalue weighted by molar-refractivity contribution is -0.141. The topological polar surface area (TPSA) is 67.4 Å². The molecule has 0 radical (unpaired) electrons. The fourth-order valence-corrected chi connectivity index (χ4v) is 5.13. The lowest BCUT2D eigenvalue weighted by atomic mass is 9.68. The molecular formula is C23H26Cl2N2O3. The zero-order chi connectivity index (χ0) is 21.3. The number of carbonyl (C=O) groups excluding carboxylic acids is 2. The highest BCUT2D eigenvalue weighted by molar-refractivity contribution is 6.31. The van der Waals surface area contributed by atoms with Gasteiger partial charge in [0.2, 0.25) is 5.91 Å². The maximum atomic E-state index is 13.6. The Morgan fingerprint density at radius 3 is 2.87 bits per heavy atom. The molecule has 3 unspecified atom stereocenters. The third-order valence-electron chi connectivity index (χ3n) is 6.43. The highest BCUT2D eigenvalue weighted by atomic mass is 35.5. The Kier molecular flexibility index (Phi) is 6.24. The molecule has 2 aliphatic carbocycles. The molecule has 1 aromatic carbocycles. The number of amides is 1. The highest BCUT2D eigenvalue weighted by Crippen LogP contribution is 2.46. The highest BCUT2D eigenvalue weighted by Gasteiger charge is 2.58. The van der Waals surface area contributed by atoms with Crippen molar-refractivity contribution < 1.29 is 14.3 Å². The van der Waals surface area contributed by atoms with Gasteiger partial charge in [0.05, 0.1) is 13.2 Å². The van der Waals surface area contributed by atoms with Crippen molar-refractivity contribution in [1.29, 1.82) is 0 Å². The van der Waals surface area contributed by atoms with Crippen LogP contribution in [0.5, 0.6) is 0 Å². The number of carbonyl (C=O) groups is 2. The van der Waals surface area contributed by atoms with Crippen LogP contribution in [0.15, 0.2) is 47.5 Å². The summed E-state index contributed by atoms with van der Waals surface area (Å²) in [5, 5.41) is 7.99. The molecule has 4 rings (SSSR count). The molecule has 0 aromatic heterocycles. The van der Waals surface area contributed by atoms with Crippen LogP contribution in [0.4, 0.5) is 0 Å². The van der Waals surface area contributed by atoms with Gasteiger partial charge in [-0.1, -0.05) is 41.4 Å². The van der Waals surface area contributed by atoms with Gasteiger partial charge in [0.15, 0.2) is 0 Å². The van der Waals surface area contributed by atoms with E-state index in [0.29, 0.717) is 22.4 Å². The van der Waals surface area contributed by atoms with Crippen LogP contribution in [0.25, 0.3) is 0 Å². The summed E-state index contributed by atoms with van der Waals surface area (Å²) in [6, 6.07) is 7.37. The van der Waals surface area contributed by atoms with Gasteiger partial charge in [-0.25, -0.2) is 0 Å². The molecule has 3 aliphatic rings. The number of esters is 1. The van der Waals surface area contributed by atoms with E-state index in [4.69, 9.17) is 27.9 Å². The fraction of sp³-hybridized carbons (Fsp3) is 0.478. The van der Waals surface area contributed by atoms with Crippen molar-refractivity contribution in [2.75, 3.05) is 13.7 Å². The first-order valence-electron chi connectivity index (χ1n) is 10.4. The van der Waals surface area contributed by atoms with Crippen LogP contribution in [0, 0.1) is 11.8 Å². The minimum Gasteiger partial charge on any atom is -0.469 e. The normalized spacial score (nSPS) is 28.5. The standard InChI is InChI=1S/C23H26Cl2N2O3/c1-30-21(28)10-9-18(15-3-2-4-16(24)11-15)23(26-13-14-5-6-14)19-8-7-17(25)12-20(19)27-22(23)29/h2-4,7-8,11-12,14,18-20,26H,5-6,9-10,13H2,1H3,(H,27,29)/t18?,19?,20?,23-/m1/s1. The van der Waals surface area contributed by atoms with Gasteiger partial charge in [0, 0.05) is 28.3 Å². The zero-order valence-corrected chi connectivity index (χ0v) is 18.4. The van der Waals surface area contributed by atoms with Gasteiger partial charge < -0.3 is 15.4 Å². The predicted molar refractivity (Wildman–Crippen MR) is 117 cm³/mol. The molecular weight excluding hydrogens is 423 g/mol. The Labute approximate surface area is 186 Å². The van der Waals surface area contributed by atoms with Crippen molar-refractivity contribution in [3.8, 4) is 0 Å². The molecule has 4 atom stereocenters. The molecule has 1 aliphatic heterocycles. The molecule has 0 spiro atoms. The SMILES string of the molecule is COC(=O)CCC(c1cccc(Cl)c1)[C@]1(NCC2CC2)C(=O)NC2C=C(Cl)C=CC21. The van der Waals surface area contributed by atoms with Crippen molar-refractivity contribution in [1.82, 2.24) is 10.6 Å². The summed E-state index contributed by atoms with van der Waals surface area (Å²) in [5.74, 6) is -0.176. The molecule has 7 heteroatoms. The smallest absolute Gasteiger partial charge is 0.305 e. The first-order chi connectivity index (χ1) is 14.4. The van der Waals surface area contributed by atoms with Crippen LogP contribution in [0.2, 0.25) is 5.02 Å². The number of rotatable bonds is 8. The molecule has 0 bridgehead atoms. The maximum Gasteiger partial charge on any atom is 0.305 e. The number of nitrogens with one attached hydrogen (secondary N) is 2. The second-order valence-corrected chi connectivity index (χ2v) is 9.22. The Bertz CT molecular complexity index is 896. The number of fused-ring (bicyclic) bond motifs is 1. The Morgan fingerprint density at radius 1 is 1.37 bits per heavy atom. The number of ether oxygens (including phenoxy) is 1.